The van der Waals surface area contributed by atoms with Crippen molar-refractivity contribution in [2.75, 3.05) is 19.1 Å². The third-order valence-corrected chi connectivity index (χ3v) is 6.43. The van der Waals surface area contributed by atoms with Gasteiger partial charge in [-0.3, -0.25) is 14.5 Å². The number of anilines is 1. The van der Waals surface area contributed by atoms with E-state index in [-0.39, 0.29) is 12.5 Å². The number of fused-ring (bicyclic) bond motifs is 1. The Morgan fingerprint density at radius 1 is 0.976 bits per heavy atom. The second-order valence-corrected chi connectivity index (χ2v) is 10.5. The SMILES string of the molecule is COc1cccc(C(C(=O)NC(C)(C)C)N(C(=O)Cn2nnc3ccccc32)c2ccc(-n3cnnn3)c(OC)c2)c1. The number of amides is 2. The standard InChI is InChI=1S/C29H31N9O4/c1-29(2,3)31-28(40)27(19-9-8-10-21(15-19)41-4)38(26(39)17-36-23-12-7-6-11-22(23)32-34-36)20-13-14-24(25(16-20)42-5)37-18-30-33-35-37/h6-16,18,27H,17H2,1-5H3,(H,31,40). The molecule has 0 fully saturated rings. The Hall–Kier alpha value is -5.33. The van der Waals surface area contributed by atoms with Gasteiger partial charge in [0.05, 0.1) is 19.7 Å². The van der Waals surface area contributed by atoms with E-state index < -0.39 is 17.5 Å². The molecule has 13 heteroatoms. The van der Waals surface area contributed by atoms with Crippen LogP contribution in [0.2, 0.25) is 0 Å². The summed E-state index contributed by atoms with van der Waals surface area (Å²) in [6.45, 7) is 5.46. The second kappa shape index (κ2) is 11.6. The number of nitrogens with one attached hydrogen (secondary N) is 1. The lowest BCUT2D eigenvalue weighted by Crippen LogP contribution is -2.50. The highest BCUT2D eigenvalue weighted by molar-refractivity contribution is 6.02. The topological polar surface area (TPSA) is 142 Å². The van der Waals surface area contributed by atoms with E-state index in [1.807, 2.05) is 45.0 Å². The lowest BCUT2D eigenvalue weighted by molar-refractivity contribution is -0.128. The normalized spacial score (nSPS) is 12.1. The van der Waals surface area contributed by atoms with E-state index in [1.165, 1.54) is 27.7 Å². The maximum atomic E-state index is 14.4. The summed E-state index contributed by atoms with van der Waals surface area (Å²) < 4.78 is 14.1. The van der Waals surface area contributed by atoms with Crippen LogP contribution in [0.3, 0.4) is 0 Å². The quantitative estimate of drug-likeness (QED) is 0.283. The number of tetrazole rings is 1. The Morgan fingerprint density at radius 2 is 1.79 bits per heavy atom. The van der Waals surface area contributed by atoms with E-state index in [4.69, 9.17) is 9.47 Å². The Kier molecular flexibility index (Phi) is 7.82. The first kappa shape index (κ1) is 28.2. The molecule has 0 aliphatic carbocycles. The van der Waals surface area contributed by atoms with Gasteiger partial charge in [-0.1, -0.05) is 29.5 Å². The van der Waals surface area contributed by atoms with Gasteiger partial charge in [-0.15, -0.1) is 10.2 Å². The maximum absolute atomic E-state index is 14.4. The third-order valence-electron chi connectivity index (χ3n) is 6.43. The molecule has 1 unspecified atom stereocenters. The third kappa shape index (κ3) is 5.89. The first-order valence-corrected chi connectivity index (χ1v) is 13.2. The maximum Gasteiger partial charge on any atom is 0.249 e. The summed E-state index contributed by atoms with van der Waals surface area (Å²) in [5.41, 5.74) is 2.28. The number of carbonyl (C=O) groups is 2. The number of carbonyl (C=O) groups excluding carboxylic acids is 2. The molecule has 2 heterocycles. The van der Waals surface area contributed by atoms with Crippen molar-refractivity contribution in [3.63, 3.8) is 0 Å². The smallest absolute Gasteiger partial charge is 0.249 e. The molecule has 0 saturated heterocycles. The van der Waals surface area contributed by atoms with Gasteiger partial charge in [0.2, 0.25) is 11.8 Å². The van der Waals surface area contributed by atoms with Crippen LogP contribution in [-0.2, 0) is 16.1 Å². The minimum absolute atomic E-state index is 0.180. The van der Waals surface area contributed by atoms with E-state index in [0.29, 0.717) is 39.5 Å². The number of hydrogen-bond donors (Lipinski definition) is 1. The Balaban J connectivity index is 1.67. The molecule has 2 amide bonds. The molecule has 13 nitrogen and oxygen atoms in total. The van der Waals surface area contributed by atoms with Crippen LogP contribution in [0.4, 0.5) is 5.69 Å². The molecule has 1 atom stereocenters. The zero-order valence-electron chi connectivity index (χ0n) is 23.9. The van der Waals surface area contributed by atoms with Gasteiger partial charge in [-0.05, 0) is 73.2 Å². The van der Waals surface area contributed by atoms with Crippen molar-refractivity contribution in [2.45, 2.75) is 38.9 Å². The van der Waals surface area contributed by atoms with Gasteiger partial charge in [0, 0.05) is 17.3 Å². The van der Waals surface area contributed by atoms with E-state index in [1.54, 1.807) is 49.6 Å². The van der Waals surface area contributed by atoms with Crippen molar-refractivity contribution < 1.29 is 19.1 Å². The minimum Gasteiger partial charge on any atom is -0.497 e. The summed E-state index contributed by atoms with van der Waals surface area (Å²) in [4.78, 5) is 29.9. The van der Waals surface area contributed by atoms with Crippen molar-refractivity contribution in [1.29, 1.82) is 0 Å². The molecule has 0 spiro atoms. The Bertz CT molecular complexity index is 1710. The molecule has 3 aromatic carbocycles. The number of nitrogens with zero attached hydrogens (tertiary/aromatic N) is 8. The molecule has 216 valence electrons. The lowest BCUT2D eigenvalue weighted by atomic mass is 10.00. The summed E-state index contributed by atoms with van der Waals surface area (Å²) in [6.07, 6.45) is 1.44. The molecule has 0 radical (unpaired) electrons. The molecular weight excluding hydrogens is 538 g/mol. The van der Waals surface area contributed by atoms with Gasteiger partial charge in [-0.25, -0.2) is 4.68 Å². The van der Waals surface area contributed by atoms with Crippen molar-refractivity contribution in [3.8, 4) is 17.2 Å². The molecule has 0 aliphatic rings. The summed E-state index contributed by atoms with van der Waals surface area (Å²) in [7, 11) is 3.05. The van der Waals surface area contributed by atoms with Gasteiger partial charge in [0.1, 0.15) is 41.6 Å². The number of ether oxygens (including phenoxy) is 2. The van der Waals surface area contributed by atoms with Gasteiger partial charge in [0.25, 0.3) is 0 Å². The van der Waals surface area contributed by atoms with Crippen LogP contribution in [0.5, 0.6) is 11.5 Å². The van der Waals surface area contributed by atoms with E-state index in [0.717, 1.165) is 0 Å². The van der Waals surface area contributed by atoms with Crippen molar-refractivity contribution >= 4 is 28.5 Å². The summed E-state index contributed by atoms with van der Waals surface area (Å²) >= 11 is 0. The fourth-order valence-electron chi connectivity index (χ4n) is 4.62. The molecule has 0 bridgehead atoms. The van der Waals surface area contributed by atoms with Crippen molar-refractivity contribution in [3.05, 3.63) is 78.6 Å². The second-order valence-electron chi connectivity index (χ2n) is 10.5. The highest BCUT2D eigenvalue weighted by Gasteiger charge is 2.35. The summed E-state index contributed by atoms with van der Waals surface area (Å²) in [6, 6.07) is 18.5. The van der Waals surface area contributed by atoms with Gasteiger partial charge < -0.3 is 14.8 Å². The number of hydrogen-bond acceptors (Lipinski definition) is 9. The predicted octanol–water partition coefficient (Wildman–Crippen LogP) is 3.11. The number of para-hydroxylation sites is 1. The van der Waals surface area contributed by atoms with Gasteiger partial charge >= 0.3 is 0 Å². The molecule has 5 rings (SSSR count). The Labute approximate surface area is 242 Å². The fourth-order valence-corrected chi connectivity index (χ4v) is 4.62. The Morgan fingerprint density at radius 3 is 2.50 bits per heavy atom. The number of rotatable bonds is 9. The summed E-state index contributed by atoms with van der Waals surface area (Å²) in [5.74, 6) is 0.155. The first-order valence-electron chi connectivity index (χ1n) is 13.2. The van der Waals surface area contributed by atoms with Crippen LogP contribution in [0, 0.1) is 0 Å². The lowest BCUT2D eigenvalue weighted by Gasteiger charge is -2.34. The average molecular weight is 570 g/mol. The highest BCUT2D eigenvalue weighted by Crippen LogP contribution is 2.35. The first-order chi connectivity index (χ1) is 20.2. The van der Waals surface area contributed by atoms with Crippen LogP contribution in [0.25, 0.3) is 16.7 Å². The van der Waals surface area contributed by atoms with Crippen LogP contribution < -0.4 is 19.7 Å². The molecular formula is C29H31N9O4. The van der Waals surface area contributed by atoms with E-state index >= 15 is 0 Å². The average Bonchev–Trinajstić information content (AvgIpc) is 3.65. The largest absolute Gasteiger partial charge is 0.497 e. The molecule has 42 heavy (non-hydrogen) atoms. The number of methoxy groups -OCH3 is 2. The van der Waals surface area contributed by atoms with Gasteiger partial charge in [0.15, 0.2) is 0 Å². The van der Waals surface area contributed by atoms with Gasteiger partial charge in [-0.2, -0.15) is 4.68 Å². The molecule has 2 aromatic heterocycles. The van der Waals surface area contributed by atoms with Crippen LogP contribution in [0.1, 0.15) is 32.4 Å². The highest BCUT2D eigenvalue weighted by atomic mass is 16.5. The number of aromatic nitrogens is 7. The summed E-state index contributed by atoms with van der Waals surface area (Å²) in [5, 5.41) is 22.8. The van der Waals surface area contributed by atoms with Crippen LogP contribution in [0.15, 0.2) is 73.1 Å². The van der Waals surface area contributed by atoms with Crippen molar-refractivity contribution in [1.82, 2.24) is 40.5 Å². The molecule has 1 N–H and O–H groups in total. The zero-order chi connectivity index (χ0) is 29.9. The minimum atomic E-state index is -1.08. The van der Waals surface area contributed by atoms with E-state index in [2.05, 4.69) is 31.2 Å². The van der Waals surface area contributed by atoms with Crippen molar-refractivity contribution in [2.24, 2.45) is 0 Å². The van der Waals surface area contributed by atoms with Crippen LogP contribution >= 0.6 is 0 Å². The van der Waals surface area contributed by atoms with E-state index in [9.17, 15) is 9.59 Å². The number of benzene rings is 3. The monoisotopic (exact) mass is 569 g/mol. The predicted molar refractivity (Wildman–Crippen MR) is 154 cm³/mol. The fraction of sp³-hybridized carbons (Fsp3) is 0.276. The molecule has 5 aromatic rings. The van der Waals surface area contributed by atoms with Crippen LogP contribution in [-0.4, -0.2) is 66.8 Å². The molecule has 0 aliphatic heterocycles. The zero-order valence-corrected chi connectivity index (χ0v) is 23.9. The molecule has 0 saturated carbocycles.